The van der Waals surface area contributed by atoms with Crippen molar-refractivity contribution in [3.63, 3.8) is 0 Å². The summed E-state index contributed by atoms with van der Waals surface area (Å²) < 4.78 is 0. The zero-order valence-corrected chi connectivity index (χ0v) is 23.8. The predicted molar refractivity (Wildman–Crippen MR) is 159 cm³/mol. The fourth-order valence-corrected chi connectivity index (χ4v) is 6.32. The predicted octanol–water partition coefficient (Wildman–Crippen LogP) is 7.32. The minimum absolute atomic E-state index is 0.0661. The molecule has 1 aliphatic carbocycles. The molecule has 2 amide bonds. The van der Waals surface area contributed by atoms with Crippen LogP contribution in [0.25, 0.3) is 0 Å². The lowest BCUT2D eigenvalue weighted by Gasteiger charge is -2.33. The van der Waals surface area contributed by atoms with E-state index in [0.29, 0.717) is 28.8 Å². The van der Waals surface area contributed by atoms with E-state index in [2.05, 4.69) is 5.32 Å². The highest BCUT2D eigenvalue weighted by atomic mass is 35.5. The maximum atomic E-state index is 13.8. The maximum absolute atomic E-state index is 13.8. The lowest BCUT2D eigenvalue weighted by Crippen LogP contribution is -2.53. The van der Waals surface area contributed by atoms with E-state index in [0.717, 1.165) is 42.4 Å². The van der Waals surface area contributed by atoms with Gasteiger partial charge in [-0.3, -0.25) is 9.59 Å². The van der Waals surface area contributed by atoms with Gasteiger partial charge in [0.1, 0.15) is 6.04 Å². The monoisotopic (exact) mass is 568 g/mol. The van der Waals surface area contributed by atoms with Crippen molar-refractivity contribution in [3.8, 4) is 0 Å². The number of nitrogens with one attached hydrogen (secondary N) is 1. The largest absolute Gasteiger partial charge is 0.352 e. The van der Waals surface area contributed by atoms with Crippen LogP contribution in [-0.4, -0.2) is 34.6 Å². The summed E-state index contributed by atoms with van der Waals surface area (Å²) in [4.78, 5) is 29.3. The molecular weight excluding hydrogens is 535 g/mol. The topological polar surface area (TPSA) is 49.4 Å². The molecule has 0 heterocycles. The van der Waals surface area contributed by atoms with Gasteiger partial charge >= 0.3 is 0 Å². The van der Waals surface area contributed by atoms with Crippen molar-refractivity contribution >= 4 is 46.8 Å². The molecule has 200 valence electrons. The Balaban J connectivity index is 1.55. The van der Waals surface area contributed by atoms with Crippen molar-refractivity contribution in [3.05, 3.63) is 106 Å². The van der Waals surface area contributed by atoms with Crippen LogP contribution in [0.1, 0.15) is 48.8 Å². The van der Waals surface area contributed by atoms with Crippen LogP contribution in [-0.2, 0) is 28.3 Å². The van der Waals surface area contributed by atoms with Crippen molar-refractivity contribution in [1.82, 2.24) is 10.2 Å². The van der Waals surface area contributed by atoms with Crippen molar-refractivity contribution in [2.45, 2.75) is 62.9 Å². The van der Waals surface area contributed by atoms with Crippen LogP contribution in [0.5, 0.6) is 0 Å². The van der Waals surface area contributed by atoms with Crippen LogP contribution in [0.2, 0.25) is 10.0 Å². The number of hydrogen-bond donors (Lipinski definition) is 1. The van der Waals surface area contributed by atoms with E-state index in [1.807, 2.05) is 66.7 Å². The van der Waals surface area contributed by atoms with E-state index in [-0.39, 0.29) is 23.6 Å². The molecule has 0 saturated heterocycles. The van der Waals surface area contributed by atoms with E-state index in [4.69, 9.17) is 23.2 Å². The number of halogens is 2. The van der Waals surface area contributed by atoms with Crippen molar-refractivity contribution < 1.29 is 9.59 Å². The summed E-state index contributed by atoms with van der Waals surface area (Å²) in [5.41, 5.74) is 2.96. The van der Waals surface area contributed by atoms with E-state index in [1.54, 1.807) is 17.0 Å². The van der Waals surface area contributed by atoms with Crippen molar-refractivity contribution in [2.24, 2.45) is 0 Å². The first-order chi connectivity index (χ1) is 18.5. The van der Waals surface area contributed by atoms with E-state index in [1.165, 1.54) is 18.2 Å². The molecule has 0 aromatic heterocycles. The summed E-state index contributed by atoms with van der Waals surface area (Å²) in [5.74, 6) is 0.686. The SMILES string of the molecule is O=C(NC1CCCCC1)[C@@H](Cc1ccccc1)N(Cc1ccccc1)C(=O)CSCc1ccc(Cl)cc1Cl. The van der Waals surface area contributed by atoms with E-state index < -0.39 is 6.04 Å². The first-order valence-corrected chi connectivity index (χ1v) is 15.1. The highest BCUT2D eigenvalue weighted by molar-refractivity contribution is 7.99. The van der Waals surface area contributed by atoms with Gasteiger partial charge in [-0.2, -0.15) is 0 Å². The van der Waals surface area contributed by atoms with Crippen LogP contribution in [0, 0.1) is 0 Å². The van der Waals surface area contributed by atoms with Gasteiger partial charge in [0.15, 0.2) is 0 Å². The molecule has 0 radical (unpaired) electrons. The molecule has 1 aliphatic rings. The summed E-state index contributed by atoms with van der Waals surface area (Å²) in [6.07, 6.45) is 5.93. The van der Waals surface area contributed by atoms with Crippen LogP contribution in [0.15, 0.2) is 78.9 Å². The molecule has 1 saturated carbocycles. The fraction of sp³-hybridized carbons (Fsp3) is 0.355. The zero-order valence-electron chi connectivity index (χ0n) is 21.5. The molecule has 38 heavy (non-hydrogen) atoms. The maximum Gasteiger partial charge on any atom is 0.243 e. The van der Waals surface area contributed by atoms with Gasteiger partial charge in [0, 0.05) is 34.8 Å². The van der Waals surface area contributed by atoms with Gasteiger partial charge in [-0.1, -0.05) is 109 Å². The first kappa shape index (κ1) is 28.5. The Labute approximate surface area is 240 Å². The molecule has 7 heteroatoms. The molecule has 4 nitrogen and oxygen atoms in total. The Bertz CT molecular complexity index is 1190. The van der Waals surface area contributed by atoms with Gasteiger partial charge in [0.2, 0.25) is 11.8 Å². The standard InChI is InChI=1S/C31H34Cl2N2O2S/c32-26-17-16-25(28(33)19-26)21-38-22-30(36)35(20-24-12-6-2-7-13-24)29(18-23-10-4-1-5-11-23)31(37)34-27-14-8-3-9-15-27/h1-2,4-7,10-13,16-17,19,27,29H,3,8-9,14-15,18,20-22H2,(H,34,37)/t29-/m1/s1. The van der Waals surface area contributed by atoms with Crippen molar-refractivity contribution in [1.29, 1.82) is 0 Å². The zero-order chi connectivity index (χ0) is 26.7. The second kappa shape index (κ2) is 14.6. The third-order valence-electron chi connectivity index (χ3n) is 6.92. The lowest BCUT2D eigenvalue weighted by atomic mass is 9.94. The van der Waals surface area contributed by atoms with Crippen LogP contribution in [0.3, 0.4) is 0 Å². The van der Waals surface area contributed by atoms with Crippen LogP contribution < -0.4 is 5.32 Å². The Hall–Kier alpha value is -2.47. The number of carbonyl (C=O) groups is 2. The third-order valence-corrected chi connectivity index (χ3v) is 8.47. The number of hydrogen-bond acceptors (Lipinski definition) is 3. The Morgan fingerprint density at radius 1 is 0.895 bits per heavy atom. The average molecular weight is 570 g/mol. The normalized spacial score (nSPS) is 14.6. The molecule has 1 fully saturated rings. The number of benzene rings is 3. The van der Waals surface area contributed by atoms with Gasteiger partial charge in [-0.25, -0.2) is 0 Å². The fourth-order valence-electron chi connectivity index (χ4n) is 4.85. The second-order valence-electron chi connectivity index (χ2n) is 9.78. The Morgan fingerprint density at radius 3 is 2.21 bits per heavy atom. The summed E-state index contributed by atoms with van der Waals surface area (Å²) in [6.45, 7) is 0.373. The average Bonchev–Trinajstić information content (AvgIpc) is 2.93. The smallest absolute Gasteiger partial charge is 0.243 e. The molecular formula is C31H34Cl2N2O2S. The van der Waals surface area contributed by atoms with Crippen molar-refractivity contribution in [2.75, 3.05) is 5.75 Å². The minimum atomic E-state index is -0.605. The Kier molecular flexibility index (Phi) is 11.0. The minimum Gasteiger partial charge on any atom is -0.352 e. The van der Waals surface area contributed by atoms with Gasteiger partial charge in [0.05, 0.1) is 5.75 Å². The van der Waals surface area contributed by atoms with Crippen LogP contribution >= 0.6 is 35.0 Å². The summed E-state index contributed by atoms with van der Waals surface area (Å²) >= 11 is 13.9. The van der Waals surface area contributed by atoms with Gasteiger partial charge in [0.25, 0.3) is 0 Å². The number of rotatable bonds is 11. The molecule has 1 atom stereocenters. The highest BCUT2D eigenvalue weighted by Gasteiger charge is 2.31. The van der Waals surface area contributed by atoms with Gasteiger partial charge < -0.3 is 10.2 Å². The molecule has 3 aromatic carbocycles. The second-order valence-corrected chi connectivity index (χ2v) is 11.6. The molecule has 1 N–H and O–H groups in total. The molecule has 0 spiro atoms. The summed E-state index contributed by atoms with van der Waals surface area (Å²) in [5, 5.41) is 4.46. The number of thioether (sulfide) groups is 1. The highest BCUT2D eigenvalue weighted by Crippen LogP contribution is 2.26. The summed E-state index contributed by atoms with van der Waals surface area (Å²) in [7, 11) is 0. The molecule has 0 bridgehead atoms. The third kappa shape index (κ3) is 8.52. The molecule has 0 aliphatic heterocycles. The summed E-state index contributed by atoms with van der Waals surface area (Å²) in [6, 6.07) is 24.8. The van der Waals surface area contributed by atoms with Gasteiger partial charge in [-0.15, -0.1) is 11.8 Å². The number of amides is 2. The van der Waals surface area contributed by atoms with Gasteiger partial charge in [-0.05, 0) is 41.7 Å². The quantitative estimate of drug-likeness (QED) is 0.263. The molecule has 4 rings (SSSR count). The Morgan fingerprint density at radius 2 is 1.55 bits per heavy atom. The lowest BCUT2D eigenvalue weighted by molar-refractivity contribution is -0.139. The van der Waals surface area contributed by atoms with E-state index >= 15 is 0 Å². The molecule has 0 unspecified atom stereocenters. The van der Waals surface area contributed by atoms with Crippen LogP contribution in [0.4, 0.5) is 0 Å². The first-order valence-electron chi connectivity index (χ1n) is 13.2. The van der Waals surface area contributed by atoms with E-state index in [9.17, 15) is 9.59 Å². The number of nitrogens with zero attached hydrogens (tertiary/aromatic N) is 1. The number of carbonyl (C=O) groups excluding carboxylic acids is 2. The molecule has 3 aromatic rings.